The number of rotatable bonds is 3. The van der Waals surface area contributed by atoms with Crippen molar-refractivity contribution in [2.45, 2.75) is 11.8 Å². The van der Waals surface area contributed by atoms with E-state index in [9.17, 15) is 18.9 Å². The van der Waals surface area contributed by atoms with E-state index in [1.54, 1.807) is 0 Å². The fourth-order valence-electron chi connectivity index (χ4n) is 0.983. The summed E-state index contributed by atoms with van der Waals surface area (Å²) in [6.45, 7) is 0. The number of aromatic nitrogens is 1. The molecule has 0 bridgehead atoms. The molecular weight excluding hydrogens is 262 g/mol. The second kappa shape index (κ2) is 4.41. The van der Waals surface area contributed by atoms with E-state index in [1.807, 2.05) is 0 Å². The Morgan fingerprint density at radius 1 is 1.57 bits per heavy atom. The van der Waals surface area contributed by atoms with Gasteiger partial charge in [0.15, 0.2) is 0 Å². The van der Waals surface area contributed by atoms with Gasteiger partial charge in [0.25, 0.3) is 12.1 Å². The highest BCUT2D eigenvalue weighted by Crippen LogP contribution is 2.30. The summed E-state index contributed by atoms with van der Waals surface area (Å²) in [5.74, 6) is 0. The summed E-state index contributed by atoms with van der Waals surface area (Å²) >= 11 is 2.93. The van der Waals surface area contributed by atoms with Crippen molar-refractivity contribution in [2.75, 3.05) is 0 Å². The van der Waals surface area contributed by atoms with Crippen LogP contribution in [0.1, 0.15) is 17.6 Å². The minimum absolute atomic E-state index is 0.00546. The quantitative estimate of drug-likeness (QED) is 0.480. The minimum atomic E-state index is -2.75. The first-order valence-electron chi connectivity index (χ1n) is 3.53. The molecule has 0 aliphatic heterocycles. The Labute approximate surface area is 86.2 Å². The smallest absolute Gasteiger partial charge is 0.258 e. The predicted octanol–water partition coefficient (Wildman–Crippen LogP) is 2.82. The Bertz CT molecular complexity index is 360. The molecule has 1 heterocycles. The first kappa shape index (κ1) is 11.0. The molecule has 0 fully saturated rings. The fraction of sp³-hybridized carbons (Fsp3) is 0.286. The molecule has 0 atom stereocenters. The predicted molar refractivity (Wildman–Crippen MR) is 48.5 cm³/mol. The first-order valence-corrected chi connectivity index (χ1v) is 4.65. The number of halogens is 3. The first-order chi connectivity index (χ1) is 6.57. The van der Waals surface area contributed by atoms with Crippen LogP contribution in [0.4, 0.5) is 14.5 Å². The summed E-state index contributed by atoms with van der Waals surface area (Å²) in [5, 5.41) is 10.5. The van der Waals surface area contributed by atoms with Crippen LogP contribution in [0.25, 0.3) is 0 Å². The van der Waals surface area contributed by atoms with E-state index in [-0.39, 0.29) is 16.6 Å². The number of alkyl halides is 3. The SMILES string of the molecule is O=[N+]([O-])c1cncc(C(F)F)c1CBr. The van der Waals surface area contributed by atoms with E-state index in [2.05, 4.69) is 20.9 Å². The molecule has 1 rings (SSSR count). The Morgan fingerprint density at radius 3 is 2.64 bits per heavy atom. The van der Waals surface area contributed by atoms with Crippen LogP contribution in [0.2, 0.25) is 0 Å². The number of nitro groups is 1. The molecule has 0 saturated carbocycles. The Kier molecular flexibility index (Phi) is 3.45. The number of pyridine rings is 1. The molecule has 0 saturated heterocycles. The average molecular weight is 267 g/mol. The lowest BCUT2D eigenvalue weighted by molar-refractivity contribution is -0.385. The van der Waals surface area contributed by atoms with Gasteiger partial charge in [-0.15, -0.1) is 0 Å². The van der Waals surface area contributed by atoms with Crippen molar-refractivity contribution in [3.63, 3.8) is 0 Å². The van der Waals surface area contributed by atoms with Crippen molar-refractivity contribution >= 4 is 21.6 Å². The Morgan fingerprint density at radius 2 is 2.21 bits per heavy atom. The highest BCUT2D eigenvalue weighted by molar-refractivity contribution is 9.08. The van der Waals surface area contributed by atoms with Crippen LogP contribution in [0.5, 0.6) is 0 Å². The maximum Gasteiger partial charge on any atom is 0.292 e. The fourth-order valence-corrected chi connectivity index (χ4v) is 1.59. The molecule has 0 amide bonds. The summed E-state index contributed by atoms with van der Waals surface area (Å²) in [4.78, 5) is 13.1. The van der Waals surface area contributed by atoms with Gasteiger partial charge in [-0.1, -0.05) is 15.9 Å². The van der Waals surface area contributed by atoms with Crippen molar-refractivity contribution in [3.05, 3.63) is 33.6 Å². The highest BCUT2D eigenvalue weighted by Gasteiger charge is 2.21. The van der Waals surface area contributed by atoms with Gasteiger partial charge in [-0.25, -0.2) is 8.78 Å². The van der Waals surface area contributed by atoms with Gasteiger partial charge < -0.3 is 0 Å². The van der Waals surface area contributed by atoms with Crippen LogP contribution >= 0.6 is 15.9 Å². The molecule has 7 heteroatoms. The maximum atomic E-state index is 12.4. The third-order valence-corrected chi connectivity index (χ3v) is 2.19. The summed E-state index contributed by atoms with van der Waals surface area (Å²) in [6.07, 6.45) is -0.855. The third-order valence-electron chi connectivity index (χ3n) is 1.63. The van der Waals surface area contributed by atoms with Gasteiger partial charge in [0.05, 0.1) is 10.5 Å². The van der Waals surface area contributed by atoms with E-state index in [1.165, 1.54) is 0 Å². The van der Waals surface area contributed by atoms with E-state index >= 15 is 0 Å². The lowest BCUT2D eigenvalue weighted by Gasteiger charge is -2.05. The summed E-state index contributed by atoms with van der Waals surface area (Å²) in [5.41, 5.74) is -0.823. The topological polar surface area (TPSA) is 56.0 Å². The monoisotopic (exact) mass is 266 g/mol. The van der Waals surface area contributed by atoms with Crippen molar-refractivity contribution in [3.8, 4) is 0 Å². The van der Waals surface area contributed by atoms with Crippen LogP contribution in [-0.2, 0) is 5.33 Å². The van der Waals surface area contributed by atoms with Crippen molar-refractivity contribution < 1.29 is 13.7 Å². The van der Waals surface area contributed by atoms with Gasteiger partial charge in [0.1, 0.15) is 6.20 Å². The molecule has 1 aromatic heterocycles. The number of hydrogen-bond acceptors (Lipinski definition) is 3. The molecule has 76 valence electrons. The minimum Gasteiger partial charge on any atom is -0.258 e. The van der Waals surface area contributed by atoms with Crippen LogP contribution in [-0.4, -0.2) is 9.91 Å². The second-order valence-electron chi connectivity index (χ2n) is 2.42. The van der Waals surface area contributed by atoms with E-state index in [0.29, 0.717) is 0 Å². The van der Waals surface area contributed by atoms with Gasteiger partial charge >= 0.3 is 0 Å². The zero-order valence-electron chi connectivity index (χ0n) is 6.78. The van der Waals surface area contributed by atoms with Crippen LogP contribution in [0.3, 0.4) is 0 Å². The summed E-state index contributed by atoms with van der Waals surface area (Å²) in [7, 11) is 0. The normalized spacial score (nSPS) is 10.6. The van der Waals surface area contributed by atoms with Crippen LogP contribution in [0, 0.1) is 10.1 Å². The van der Waals surface area contributed by atoms with Gasteiger partial charge in [-0.05, 0) is 0 Å². The Balaban J connectivity index is 3.32. The molecule has 0 spiro atoms. The molecule has 1 aromatic rings. The molecule has 4 nitrogen and oxygen atoms in total. The van der Waals surface area contributed by atoms with E-state index in [4.69, 9.17) is 0 Å². The summed E-state index contributed by atoms with van der Waals surface area (Å²) in [6, 6.07) is 0. The van der Waals surface area contributed by atoms with Crippen LogP contribution < -0.4 is 0 Å². The molecule has 0 radical (unpaired) electrons. The van der Waals surface area contributed by atoms with Crippen molar-refractivity contribution in [2.24, 2.45) is 0 Å². The van der Waals surface area contributed by atoms with Gasteiger partial charge in [-0.2, -0.15) is 0 Å². The molecule has 0 aromatic carbocycles. The maximum absolute atomic E-state index is 12.4. The standard InChI is InChI=1S/C7H5BrF2N2O2/c8-1-4-5(7(9)10)2-11-3-6(4)12(13)14/h2-3,7H,1H2. The lowest BCUT2D eigenvalue weighted by Crippen LogP contribution is -2.00. The van der Waals surface area contributed by atoms with E-state index in [0.717, 1.165) is 12.4 Å². The lowest BCUT2D eigenvalue weighted by atomic mass is 10.1. The molecule has 14 heavy (non-hydrogen) atoms. The molecule has 0 unspecified atom stereocenters. The number of nitrogens with zero attached hydrogens (tertiary/aromatic N) is 2. The van der Waals surface area contributed by atoms with Crippen molar-refractivity contribution in [1.29, 1.82) is 0 Å². The zero-order valence-corrected chi connectivity index (χ0v) is 8.37. The molecule has 0 N–H and O–H groups in total. The van der Waals surface area contributed by atoms with Gasteiger partial charge in [0, 0.05) is 17.1 Å². The van der Waals surface area contributed by atoms with Crippen molar-refractivity contribution in [1.82, 2.24) is 4.98 Å². The zero-order chi connectivity index (χ0) is 10.7. The second-order valence-corrected chi connectivity index (χ2v) is 2.98. The molecular formula is C7H5BrF2N2O2. The Hall–Kier alpha value is -1.11. The van der Waals surface area contributed by atoms with E-state index < -0.39 is 16.9 Å². The summed E-state index contributed by atoms with van der Waals surface area (Å²) < 4.78 is 24.7. The van der Waals surface area contributed by atoms with Crippen LogP contribution in [0.15, 0.2) is 12.4 Å². The average Bonchev–Trinajstić information content (AvgIpc) is 2.16. The largest absolute Gasteiger partial charge is 0.292 e. The highest BCUT2D eigenvalue weighted by atomic mass is 79.9. The molecule has 0 aliphatic rings. The molecule has 0 aliphatic carbocycles. The van der Waals surface area contributed by atoms with Gasteiger partial charge in [-0.3, -0.25) is 15.1 Å². The van der Waals surface area contributed by atoms with Gasteiger partial charge in [0.2, 0.25) is 0 Å². The number of hydrogen-bond donors (Lipinski definition) is 0. The third kappa shape index (κ3) is 2.03.